The fourth-order valence-corrected chi connectivity index (χ4v) is 4.35. The number of rotatable bonds is 14. The van der Waals surface area contributed by atoms with Gasteiger partial charge in [-0.25, -0.2) is 9.59 Å². The van der Waals surface area contributed by atoms with Crippen molar-refractivity contribution >= 4 is 33.5 Å². The summed E-state index contributed by atoms with van der Waals surface area (Å²) in [6.45, 7) is 8.76. The van der Waals surface area contributed by atoms with Crippen molar-refractivity contribution in [2.45, 2.75) is 66.2 Å². The number of esters is 2. The van der Waals surface area contributed by atoms with Crippen LogP contribution < -0.4 is 9.47 Å². The summed E-state index contributed by atoms with van der Waals surface area (Å²) in [5, 5.41) is 3.39. The van der Waals surface area contributed by atoms with Gasteiger partial charge < -0.3 is 18.9 Å². The molecule has 0 unspecified atom stereocenters. The largest absolute Gasteiger partial charge is 0.481 e. The average molecular weight is 495 g/mol. The predicted molar refractivity (Wildman–Crippen MR) is 143 cm³/mol. The first kappa shape index (κ1) is 27.3. The summed E-state index contributed by atoms with van der Waals surface area (Å²) in [4.78, 5) is 24.7. The van der Waals surface area contributed by atoms with Crippen LogP contribution in [0.3, 0.4) is 0 Å². The van der Waals surface area contributed by atoms with Gasteiger partial charge in [0.05, 0.1) is 13.2 Å². The molecule has 6 heteroatoms. The lowest BCUT2D eigenvalue weighted by Gasteiger charge is -2.21. The molecule has 0 bridgehead atoms. The molecule has 36 heavy (non-hydrogen) atoms. The molecule has 0 amide bonds. The minimum Gasteiger partial charge on any atom is -0.481 e. The molecule has 0 saturated heterocycles. The zero-order valence-electron chi connectivity index (χ0n) is 22.0. The average Bonchev–Trinajstić information content (AvgIpc) is 2.90. The normalized spacial score (nSPS) is 11.0. The van der Waals surface area contributed by atoms with E-state index in [1.54, 1.807) is 0 Å². The van der Waals surface area contributed by atoms with Crippen molar-refractivity contribution in [1.29, 1.82) is 0 Å². The molecule has 0 heterocycles. The number of ether oxygens (including phenoxy) is 4. The predicted octanol–water partition coefficient (Wildman–Crippen LogP) is 6.56. The number of carbonyl (C=O) groups excluding carboxylic acids is 2. The number of benzene rings is 3. The van der Waals surface area contributed by atoms with Gasteiger partial charge in [-0.1, -0.05) is 76.9 Å². The monoisotopic (exact) mass is 494 g/mol. The van der Waals surface area contributed by atoms with Crippen LogP contribution in [0.25, 0.3) is 21.5 Å². The molecule has 0 atom stereocenters. The van der Waals surface area contributed by atoms with Gasteiger partial charge in [0, 0.05) is 21.5 Å². The van der Waals surface area contributed by atoms with E-state index in [1.807, 2.05) is 37.3 Å². The van der Waals surface area contributed by atoms with Gasteiger partial charge in [0.2, 0.25) is 0 Å². The summed E-state index contributed by atoms with van der Waals surface area (Å²) >= 11 is 0. The third-order valence-corrected chi connectivity index (χ3v) is 6.22. The van der Waals surface area contributed by atoms with E-state index in [0.717, 1.165) is 65.6 Å². The summed E-state index contributed by atoms with van der Waals surface area (Å²) < 4.78 is 22.9. The number of fused-ring (bicyclic) bond motifs is 2. The minimum atomic E-state index is -0.392. The lowest BCUT2D eigenvalue weighted by Crippen LogP contribution is -2.17. The summed E-state index contributed by atoms with van der Waals surface area (Å²) in [6, 6.07) is 11.9. The maximum atomic E-state index is 12.4. The molecular formula is C30H38O6. The molecular weight excluding hydrogens is 456 g/mol. The van der Waals surface area contributed by atoms with Crippen LogP contribution in [-0.4, -0.2) is 38.4 Å². The Morgan fingerprint density at radius 1 is 0.667 bits per heavy atom. The highest BCUT2D eigenvalue weighted by Crippen LogP contribution is 2.45. The first-order chi connectivity index (χ1) is 17.5. The van der Waals surface area contributed by atoms with Crippen molar-refractivity contribution in [3.63, 3.8) is 0 Å². The van der Waals surface area contributed by atoms with Crippen LogP contribution in [-0.2, 0) is 31.9 Å². The van der Waals surface area contributed by atoms with E-state index in [-0.39, 0.29) is 19.2 Å². The first-order valence-corrected chi connectivity index (χ1v) is 13.1. The van der Waals surface area contributed by atoms with Gasteiger partial charge in [0.15, 0.2) is 13.2 Å². The molecule has 0 spiro atoms. The van der Waals surface area contributed by atoms with Crippen LogP contribution in [0.5, 0.6) is 11.5 Å². The Kier molecular flexibility index (Phi) is 10.4. The fraction of sp³-hybridized carbons (Fsp3) is 0.467. The molecule has 0 aromatic heterocycles. The van der Waals surface area contributed by atoms with Crippen LogP contribution in [0.4, 0.5) is 0 Å². The first-order valence-electron chi connectivity index (χ1n) is 13.1. The van der Waals surface area contributed by atoms with E-state index in [1.165, 1.54) is 5.56 Å². The van der Waals surface area contributed by atoms with Gasteiger partial charge in [0.25, 0.3) is 0 Å². The van der Waals surface area contributed by atoms with Crippen molar-refractivity contribution in [2.24, 2.45) is 0 Å². The number of aryl methyl sites for hydroxylation is 2. The topological polar surface area (TPSA) is 71.1 Å². The Balaban J connectivity index is 2.08. The number of hydrogen-bond acceptors (Lipinski definition) is 6. The van der Waals surface area contributed by atoms with Gasteiger partial charge in [-0.2, -0.15) is 0 Å². The highest BCUT2D eigenvalue weighted by Gasteiger charge is 2.21. The lowest BCUT2D eigenvalue weighted by molar-refractivity contribution is -0.146. The number of carbonyl (C=O) groups is 2. The van der Waals surface area contributed by atoms with Crippen LogP contribution in [0.2, 0.25) is 0 Å². The Bertz CT molecular complexity index is 1180. The molecule has 0 aliphatic carbocycles. The van der Waals surface area contributed by atoms with Gasteiger partial charge >= 0.3 is 11.9 Å². The molecule has 3 rings (SSSR count). The van der Waals surface area contributed by atoms with Gasteiger partial charge in [-0.15, -0.1) is 0 Å². The summed E-state index contributed by atoms with van der Waals surface area (Å²) in [5.41, 5.74) is 2.35. The molecule has 0 radical (unpaired) electrons. The Morgan fingerprint density at radius 2 is 1.22 bits per heavy atom. The van der Waals surface area contributed by atoms with Crippen molar-refractivity contribution in [3.8, 4) is 11.5 Å². The highest BCUT2D eigenvalue weighted by molar-refractivity contribution is 6.12. The maximum absolute atomic E-state index is 12.4. The maximum Gasteiger partial charge on any atom is 0.344 e. The molecule has 3 aromatic rings. The van der Waals surface area contributed by atoms with E-state index >= 15 is 0 Å². The van der Waals surface area contributed by atoms with Crippen molar-refractivity contribution in [2.75, 3.05) is 26.4 Å². The molecule has 0 fully saturated rings. The smallest absolute Gasteiger partial charge is 0.344 e. The molecule has 0 aliphatic heterocycles. The SMILES string of the molecule is CCCCOC(=O)COc1c2ccccc2c(OCC(=O)OCCCC)c2c(CC)c(CC)ccc12. The number of unbranched alkanes of at least 4 members (excludes halogenated alkanes) is 2. The van der Waals surface area contributed by atoms with Crippen LogP contribution in [0.1, 0.15) is 64.5 Å². The van der Waals surface area contributed by atoms with Gasteiger partial charge in [0.1, 0.15) is 11.5 Å². The Labute approximate surface area is 213 Å². The standard InChI is InChI=1S/C30H38O6/c1-5-9-17-33-26(31)19-35-29-23-13-11-12-14-24(23)30(36-20-27(32)34-18-10-6-2)28-22(8-4)21(7-3)15-16-25(28)29/h11-16H,5-10,17-20H2,1-4H3. The fourth-order valence-electron chi connectivity index (χ4n) is 4.35. The van der Waals surface area contributed by atoms with Crippen LogP contribution in [0.15, 0.2) is 36.4 Å². The Morgan fingerprint density at radius 3 is 1.75 bits per heavy atom. The third-order valence-electron chi connectivity index (χ3n) is 6.22. The van der Waals surface area contributed by atoms with Crippen molar-refractivity contribution < 1.29 is 28.5 Å². The van der Waals surface area contributed by atoms with E-state index in [9.17, 15) is 9.59 Å². The quantitative estimate of drug-likeness (QED) is 0.144. The summed E-state index contributed by atoms with van der Waals surface area (Å²) in [6.07, 6.45) is 5.21. The number of hydrogen-bond donors (Lipinski definition) is 0. The van der Waals surface area contributed by atoms with Crippen molar-refractivity contribution in [3.05, 3.63) is 47.5 Å². The molecule has 0 N–H and O–H groups in total. The van der Waals surface area contributed by atoms with Crippen LogP contribution in [0, 0.1) is 0 Å². The molecule has 194 valence electrons. The summed E-state index contributed by atoms with van der Waals surface area (Å²) in [5.74, 6) is 0.471. The Hall–Kier alpha value is -3.28. The molecule has 0 saturated carbocycles. The molecule has 3 aromatic carbocycles. The van der Waals surface area contributed by atoms with Gasteiger partial charge in [-0.05, 0) is 36.8 Å². The second kappa shape index (κ2) is 13.7. The zero-order chi connectivity index (χ0) is 25.9. The zero-order valence-corrected chi connectivity index (χ0v) is 22.0. The molecule has 0 aliphatic rings. The van der Waals surface area contributed by atoms with E-state index in [4.69, 9.17) is 18.9 Å². The molecule has 6 nitrogen and oxygen atoms in total. The van der Waals surface area contributed by atoms with E-state index in [0.29, 0.717) is 24.7 Å². The van der Waals surface area contributed by atoms with Gasteiger partial charge in [-0.3, -0.25) is 0 Å². The van der Waals surface area contributed by atoms with E-state index < -0.39 is 5.97 Å². The third kappa shape index (κ3) is 6.48. The lowest BCUT2D eigenvalue weighted by atomic mass is 9.91. The van der Waals surface area contributed by atoms with Crippen LogP contribution >= 0.6 is 0 Å². The van der Waals surface area contributed by atoms with Crippen molar-refractivity contribution in [1.82, 2.24) is 0 Å². The minimum absolute atomic E-state index is 0.174. The second-order valence-electron chi connectivity index (χ2n) is 8.76. The summed E-state index contributed by atoms with van der Waals surface area (Å²) in [7, 11) is 0. The van der Waals surface area contributed by atoms with E-state index in [2.05, 4.69) is 26.8 Å². The highest BCUT2D eigenvalue weighted by atomic mass is 16.6. The second-order valence-corrected chi connectivity index (χ2v) is 8.76.